The first-order valence-corrected chi connectivity index (χ1v) is 6.99. The number of aliphatic carboxylic acids is 1. The summed E-state index contributed by atoms with van der Waals surface area (Å²) in [6.45, 7) is 0. The van der Waals surface area contributed by atoms with E-state index in [9.17, 15) is 4.79 Å². The molecule has 1 unspecified atom stereocenters. The first-order valence-electron chi connectivity index (χ1n) is 6.99. The standard InChI is InChI=1S/C16H22O2/c17-16(18)15-13-11-9-7-5-3-1-2-4-6-8-10-12-14-15/h15H,1-3,5,7,9,11-14H2,(H,17,18). The van der Waals surface area contributed by atoms with Crippen molar-refractivity contribution in [3.63, 3.8) is 0 Å². The normalized spacial score (nSPS) is 22.3. The Morgan fingerprint density at radius 2 is 1.44 bits per heavy atom. The summed E-state index contributed by atoms with van der Waals surface area (Å²) >= 11 is 0. The van der Waals surface area contributed by atoms with Gasteiger partial charge in [-0.1, -0.05) is 43.9 Å². The molecule has 1 aliphatic carbocycles. The largest absolute Gasteiger partial charge is 0.481 e. The molecule has 0 spiro atoms. The van der Waals surface area contributed by atoms with Gasteiger partial charge in [0.1, 0.15) is 0 Å². The zero-order chi connectivity index (χ0) is 13.1. The number of rotatable bonds is 1. The van der Waals surface area contributed by atoms with Gasteiger partial charge in [-0.15, -0.1) is 0 Å². The van der Waals surface area contributed by atoms with Gasteiger partial charge in [-0.25, -0.2) is 0 Å². The lowest BCUT2D eigenvalue weighted by molar-refractivity contribution is -0.142. The maximum absolute atomic E-state index is 11.1. The molecule has 0 fully saturated rings. The highest BCUT2D eigenvalue weighted by Crippen LogP contribution is 2.17. The number of hydrogen-bond donors (Lipinski definition) is 1. The number of hydrogen-bond acceptors (Lipinski definition) is 1. The van der Waals surface area contributed by atoms with Crippen LogP contribution in [0.15, 0.2) is 0 Å². The van der Waals surface area contributed by atoms with Crippen molar-refractivity contribution in [3.8, 4) is 23.7 Å². The molecule has 1 rings (SSSR count). The van der Waals surface area contributed by atoms with Crippen LogP contribution in [0.2, 0.25) is 0 Å². The molecule has 0 aliphatic heterocycles. The summed E-state index contributed by atoms with van der Waals surface area (Å²) in [5.41, 5.74) is 0. The second-order valence-electron chi connectivity index (χ2n) is 4.84. The molecule has 1 aliphatic rings. The molecular weight excluding hydrogens is 224 g/mol. The van der Waals surface area contributed by atoms with Crippen LogP contribution in [0.4, 0.5) is 0 Å². The van der Waals surface area contributed by atoms with Gasteiger partial charge in [-0.2, -0.15) is 0 Å². The van der Waals surface area contributed by atoms with Crippen molar-refractivity contribution < 1.29 is 9.90 Å². The third-order valence-electron chi connectivity index (χ3n) is 3.31. The van der Waals surface area contributed by atoms with Crippen LogP contribution in [0.3, 0.4) is 0 Å². The van der Waals surface area contributed by atoms with Crippen molar-refractivity contribution in [2.24, 2.45) is 5.92 Å². The minimum atomic E-state index is -0.674. The molecule has 1 N–H and O–H groups in total. The lowest BCUT2D eigenvalue weighted by Crippen LogP contribution is -2.13. The second-order valence-corrected chi connectivity index (χ2v) is 4.84. The molecule has 0 amide bonds. The van der Waals surface area contributed by atoms with Crippen LogP contribution >= 0.6 is 0 Å². The summed E-state index contributed by atoms with van der Waals surface area (Å²) in [5.74, 6) is 10.8. The van der Waals surface area contributed by atoms with Crippen LogP contribution < -0.4 is 0 Å². The fraction of sp³-hybridized carbons (Fsp3) is 0.688. The molecule has 0 aromatic rings. The average Bonchev–Trinajstić information content (AvgIpc) is 2.36. The van der Waals surface area contributed by atoms with Crippen molar-refractivity contribution in [2.45, 2.75) is 64.2 Å². The van der Waals surface area contributed by atoms with E-state index in [2.05, 4.69) is 23.7 Å². The molecule has 98 valence electrons. The van der Waals surface area contributed by atoms with E-state index in [-0.39, 0.29) is 5.92 Å². The second kappa shape index (κ2) is 9.60. The summed E-state index contributed by atoms with van der Waals surface area (Å²) in [5, 5.41) is 9.11. The van der Waals surface area contributed by atoms with E-state index in [1.807, 2.05) is 0 Å². The maximum Gasteiger partial charge on any atom is 0.306 e. The van der Waals surface area contributed by atoms with E-state index in [1.54, 1.807) is 0 Å². The van der Waals surface area contributed by atoms with Crippen molar-refractivity contribution >= 4 is 5.97 Å². The summed E-state index contributed by atoms with van der Waals surface area (Å²) < 4.78 is 0. The van der Waals surface area contributed by atoms with E-state index >= 15 is 0 Å². The lowest BCUT2D eigenvalue weighted by atomic mass is 9.96. The van der Waals surface area contributed by atoms with Crippen LogP contribution in [0.1, 0.15) is 64.2 Å². The zero-order valence-corrected chi connectivity index (χ0v) is 11.0. The van der Waals surface area contributed by atoms with Gasteiger partial charge in [-0.05, 0) is 31.1 Å². The van der Waals surface area contributed by atoms with E-state index in [0.29, 0.717) is 12.8 Å². The minimum Gasteiger partial charge on any atom is -0.481 e. The van der Waals surface area contributed by atoms with Crippen LogP contribution in [-0.2, 0) is 4.79 Å². The molecule has 0 radical (unpaired) electrons. The topological polar surface area (TPSA) is 37.3 Å². The van der Waals surface area contributed by atoms with Crippen LogP contribution in [-0.4, -0.2) is 11.1 Å². The van der Waals surface area contributed by atoms with E-state index < -0.39 is 5.97 Å². The zero-order valence-electron chi connectivity index (χ0n) is 11.0. The predicted molar refractivity (Wildman–Crippen MR) is 72.8 cm³/mol. The van der Waals surface area contributed by atoms with Gasteiger partial charge >= 0.3 is 5.97 Å². The predicted octanol–water partition coefficient (Wildman–Crippen LogP) is 3.61. The Bertz CT molecular complexity index is 362. The third-order valence-corrected chi connectivity index (χ3v) is 3.31. The monoisotopic (exact) mass is 246 g/mol. The highest BCUT2D eigenvalue weighted by atomic mass is 16.4. The fourth-order valence-corrected chi connectivity index (χ4v) is 2.16. The molecule has 0 heterocycles. The summed E-state index contributed by atoms with van der Waals surface area (Å²) in [6, 6.07) is 0. The third kappa shape index (κ3) is 7.02. The Morgan fingerprint density at radius 1 is 0.833 bits per heavy atom. The number of carboxylic acid groups (broad SMARTS) is 1. The van der Waals surface area contributed by atoms with E-state index in [4.69, 9.17) is 5.11 Å². The highest BCUT2D eigenvalue weighted by molar-refractivity contribution is 5.69. The van der Waals surface area contributed by atoms with Gasteiger partial charge in [0.15, 0.2) is 0 Å². The first-order chi connectivity index (χ1) is 8.80. The van der Waals surface area contributed by atoms with Crippen LogP contribution in [0.5, 0.6) is 0 Å². The van der Waals surface area contributed by atoms with E-state index in [0.717, 1.165) is 32.1 Å². The molecule has 2 heteroatoms. The first kappa shape index (κ1) is 14.7. The quantitative estimate of drug-likeness (QED) is 0.718. The Labute approximate surface area is 110 Å². The summed E-state index contributed by atoms with van der Waals surface area (Å²) in [4.78, 5) is 11.1. The average molecular weight is 246 g/mol. The van der Waals surface area contributed by atoms with Gasteiger partial charge in [0.2, 0.25) is 0 Å². The maximum atomic E-state index is 11.1. The molecular formula is C16H22O2. The van der Waals surface area contributed by atoms with Gasteiger partial charge < -0.3 is 5.11 Å². The van der Waals surface area contributed by atoms with Gasteiger partial charge in [0, 0.05) is 12.8 Å². The van der Waals surface area contributed by atoms with Crippen LogP contribution in [0, 0.1) is 29.6 Å². The SMILES string of the molecule is O=C(O)C1CCC#CC#CCCCCCCCC1. The lowest BCUT2D eigenvalue weighted by Gasteiger charge is -2.10. The molecule has 2 nitrogen and oxygen atoms in total. The van der Waals surface area contributed by atoms with Crippen LogP contribution in [0.25, 0.3) is 0 Å². The van der Waals surface area contributed by atoms with Crippen molar-refractivity contribution in [3.05, 3.63) is 0 Å². The Kier molecular flexibility index (Phi) is 7.82. The molecule has 18 heavy (non-hydrogen) atoms. The highest BCUT2D eigenvalue weighted by Gasteiger charge is 2.15. The van der Waals surface area contributed by atoms with E-state index in [1.165, 1.54) is 19.3 Å². The van der Waals surface area contributed by atoms with Crippen molar-refractivity contribution in [2.75, 3.05) is 0 Å². The molecule has 0 aromatic carbocycles. The minimum absolute atomic E-state index is 0.225. The van der Waals surface area contributed by atoms with Gasteiger partial charge in [0.25, 0.3) is 0 Å². The summed E-state index contributed by atoms with van der Waals surface area (Å²) in [7, 11) is 0. The molecule has 0 saturated heterocycles. The summed E-state index contributed by atoms with van der Waals surface area (Å²) in [6.07, 6.45) is 10.1. The van der Waals surface area contributed by atoms with Crippen molar-refractivity contribution in [1.29, 1.82) is 0 Å². The molecule has 1 atom stereocenters. The number of carboxylic acids is 1. The molecule has 0 aromatic heterocycles. The Balaban J connectivity index is 2.46. The van der Waals surface area contributed by atoms with Gasteiger partial charge in [0.05, 0.1) is 5.92 Å². The number of carbonyl (C=O) groups is 1. The fourth-order valence-electron chi connectivity index (χ4n) is 2.16. The Hall–Kier alpha value is -1.41. The molecule has 0 saturated carbocycles. The van der Waals surface area contributed by atoms with Crippen molar-refractivity contribution in [1.82, 2.24) is 0 Å². The Morgan fingerprint density at radius 3 is 2.17 bits per heavy atom. The van der Waals surface area contributed by atoms with Gasteiger partial charge in [-0.3, -0.25) is 4.79 Å². The smallest absolute Gasteiger partial charge is 0.306 e. The molecule has 0 bridgehead atoms.